The topological polar surface area (TPSA) is 43.4 Å². The number of fused-ring (bicyclic) bond motifs is 1. The van der Waals surface area contributed by atoms with E-state index in [4.69, 9.17) is 4.74 Å². The maximum Gasteiger partial charge on any atom is 0.302 e. The Labute approximate surface area is 141 Å². The first-order chi connectivity index (χ1) is 11.1. The van der Waals surface area contributed by atoms with Crippen LogP contribution in [-0.2, 0) is 14.3 Å². The van der Waals surface area contributed by atoms with E-state index in [2.05, 4.69) is 19.1 Å². The van der Waals surface area contributed by atoms with E-state index in [1.165, 1.54) is 17.4 Å². The molecule has 0 saturated heterocycles. The van der Waals surface area contributed by atoms with Crippen molar-refractivity contribution in [1.29, 1.82) is 0 Å². The third kappa shape index (κ3) is 3.52. The average molecular weight is 330 g/mol. The molecular formula is C19H22O3S. The zero-order valence-corrected chi connectivity index (χ0v) is 14.4. The smallest absolute Gasteiger partial charge is 0.302 e. The first-order valence-corrected chi connectivity index (χ1v) is 9.15. The van der Waals surface area contributed by atoms with Crippen LogP contribution in [0, 0.1) is 11.8 Å². The summed E-state index contributed by atoms with van der Waals surface area (Å²) >= 11 is 1.71. The lowest BCUT2D eigenvalue weighted by molar-refractivity contribution is -0.149. The molecule has 3 atom stereocenters. The SMILES string of the molecule is CC(=O)O[C@@H]1C(C)CC2=C(CSc3ccccc3)C(=O)CCC21. The molecule has 1 fully saturated rings. The maximum absolute atomic E-state index is 12.4. The Balaban J connectivity index is 1.81. The molecular weight excluding hydrogens is 308 g/mol. The number of esters is 1. The fourth-order valence-electron chi connectivity index (χ4n) is 3.75. The van der Waals surface area contributed by atoms with E-state index in [1.807, 2.05) is 18.2 Å². The molecule has 0 amide bonds. The van der Waals surface area contributed by atoms with Crippen LogP contribution in [-0.4, -0.2) is 23.6 Å². The number of hydrogen-bond donors (Lipinski definition) is 0. The predicted octanol–water partition coefficient (Wildman–Crippen LogP) is 4.03. The van der Waals surface area contributed by atoms with Crippen molar-refractivity contribution >= 4 is 23.5 Å². The Morgan fingerprint density at radius 2 is 2.04 bits per heavy atom. The number of benzene rings is 1. The summed E-state index contributed by atoms with van der Waals surface area (Å²) in [6.07, 6.45) is 2.20. The van der Waals surface area contributed by atoms with Crippen molar-refractivity contribution in [3.05, 3.63) is 41.5 Å². The van der Waals surface area contributed by atoms with E-state index in [9.17, 15) is 9.59 Å². The van der Waals surface area contributed by atoms with Crippen molar-refractivity contribution in [2.75, 3.05) is 5.75 Å². The zero-order valence-electron chi connectivity index (χ0n) is 13.6. The van der Waals surface area contributed by atoms with Gasteiger partial charge in [-0.05, 0) is 30.9 Å². The molecule has 122 valence electrons. The van der Waals surface area contributed by atoms with Crippen LogP contribution >= 0.6 is 11.8 Å². The normalized spacial score (nSPS) is 27.0. The van der Waals surface area contributed by atoms with Gasteiger partial charge in [-0.25, -0.2) is 0 Å². The molecule has 4 heteroatoms. The number of hydrogen-bond acceptors (Lipinski definition) is 4. The van der Waals surface area contributed by atoms with Crippen molar-refractivity contribution in [2.45, 2.75) is 44.1 Å². The summed E-state index contributed by atoms with van der Waals surface area (Å²) < 4.78 is 5.55. The lowest BCUT2D eigenvalue weighted by atomic mass is 9.83. The van der Waals surface area contributed by atoms with Gasteiger partial charge in [0.2, 0.25) is 0 Å². The van der Waals surface area contributed by atoms with E-state index in [0.29, 0.717) is 18.1 Å². The highest BCUT2D eigenvalue weighted by molar-refractivity contribution is 7.99. The highest BCUT2D eigenvalue weighted by atomic mass is 32.2. The van der Waals surface area contributed by atoms with E-state index in [1.54, 1.807) is 11.8 Å². The number of thioether (sulfide) groups is 1. The molecule has 0 spiro atoms. The molecule has 1 aromatic rings. The van der Waals surface area contributed by atoms with Crippen LogP contribution < -0.4 is 0 Å². The van der Waals surface area contributed by atoms with Crippen LogP contribution in [0.1, 0.15) is 33.1 Å². The quantitative estimate of drug-likeness (QED) is 0.617. The Morgan fingerprint density at radius 1 is 1.30 bits per heavy atom. The minimum atomic E-state index is -0.222. The molecule has 0 bridgehead atoms. The third-order valence-corrected chi connectivity index (χ3v) is 5.82. The number of rotatable bonds is 4. The molecule has 0 aromatic heterocycles. The van der Waals surface area contributed by atoms with Crippen molar-refractivity contribution in [1.82, 2.24) is 0 Å². The summed E-state index contributed by atoms with van der Waals surface area (Å²) in [5, 5.41) is 0. The third-order valence-electron chi connectivity index (χ3n) is 4.78. The lowest BCUT2D eigenvalue weighted by Crippen LogP contribution is -2.29. The van der Waals surface area contributed by atoms with Crippen molar-refractivity contribution in [3.63, 3.8) is 0 Å². The number of ketones is 1. The zero-order chi connectivity index (χ0) is 16.4. The molecule has 0 radical (unpaired) electrons. The first-order valence-electron chi connectivity index (χ1n) is 8.16. The molecule has 1 aromatic carbocycles. The fraction of sp³-hybridized carbons (Fsp3) is 0.474. The van der Waals surface area contributed by atoms with E-state index < -0.39 is 0 Å². The van der Waals surface area contributed by atoms with E-state index in [0.717, 1.165) is 18.4 Å². The van der Waals surface area contributed by atoms with Gasteiger partial charge in [0.05, 0.1) is 0 Å². The molecule has 0 N–H and O–H groups in total. The van der Waals surface area contributed by atoms with Crippen LogP contribution in [0.5, 0.6) is 0 Å². The highest BCUT2D eigenvalue weighted by Gasteiger charge is 2.43. The van der Waals surface area contributed by atoms with Crippen molar-refractivity contribution < 1.29 is 14.3 Å². The molecule has 3 nitrogen and oxygen atoms in total. The number of carbonyl (C=O) groups excluding carboxylic acids is 2. The summed E-state index contributed by atoms with van der Waals surface area (Å²) in [6, 6.07) is 10.2. The van der Waals surface area contributed by atoms with Gasteiger partial charge >= 0.3 is 5.97 Å². The molecule has 3 rings (SSSR count). The average Bonchev–Trinajstić information content (AvgIpc) is 2.83. The summed E-state index contributed by atoms with van der Waals surface area (Å²) in [4.78, 5) is 25.0. The largest absolute Gasteiger partial charge is 0.462 e. The number of Topliss-reactive ketones (excluding diaryl/α,β-unsaturated/α-hetero) is 1. The summed E-state index contributed by atoms with van der Waals surface area (Å²) in [5.41, 5.74) is 2.21. The van der Waals surface area contributed by atoms with Gasteiger partial charge in [-0.15, -0.1) is 11.8 Å². The van der Waals surface area contributed by atoms with Gasteiger partial charge < -0.3 is 4.74 Å². The minimum Gasteiger partial charge on any atom is -0.462 e. The molecule has 0 aliphatic heterocycles. The lowest BCUT2D eigenvalue weighted by Gasteiger charge is -2.27. The molecule has 0 heterocycles. The minimum absolute atomic E-state index is 0.0627. The Hall–Kier alpha value is -1.55. The molecule has 2 aliphatic rings. The van der Waals surface area contributed by atoms with Gasteiger partial charge in [0.1, 0.15) is 6.10 Å². The van der Waals surface area contributed by atoms with Gasteiger partial charge in [-0.2, -0.15) is 0 Å². The van der Waals surface area contributed by atoms with Gasteiger partial charge in [0.15, 0.2) is 5.78 Å². The van der Waals surface area contributed by atoms with Crippen LogP contribution in [0.3, 0.4) is 0 Å². The predicted molar refractivity (Wildman–Crippen MR) is 91.3 cm³/mol. The second-order valence-corrected chi connectivity index (χ2v) is 7.48. The van der Waals surface area contributed by atoms with E-state index >= 15 is 0 Å². The van der Waals surface area contributed by atoms with Gasteiger partial charge in [-0.1, -0.05) is 30.7 Å². The second-order valence-electron chi connectivity index (χ2n) is 6.43. The fourth-order valence-corrected chi connectivity index (χ4v) is 4.75. The highest BCUT2D eigenvalue weighted by Crippen LogP contribution is 2.46. The Bertz CT molecular complexity index is 635. The van der Waals surface area contributed by atoms with Crippen LogP contribution in [0.2, 0.25) is 0 Å². The molecule has 23 heavy (non-hydrogen) atoms. The molecule has 2 unspecified atom stereocenters. The summed E-state index contributed by atoms with van der Waals surface area (Å²) in [5.74, 6) is 1.30. The number of ether oxygens (including phenoxy) is 1. The standard InChI is InChI=1S/C19H22O3S/c1-12-10-16-15(19(12)22-13(2)20)8-9-18(21)17(16)11-23-14-6-4-3-5-7-14/h3-7,12,15,19H,8-11H2,1-2H3/t12?,15?,19-/m1/s1. The van der Waals surface area contributed by atoms with Crippen LogP contribution in [0.25, 0.3) is 0 Å². The van der Waals surface area contributed by atoms with Gasteiger partial charge in [-0.3, -0.25) is 9.59 Å². The second kappa shape index (κ2) is 6.91. The van der Waals surface area contributed by atoms with E-state index in [-0.39, 0.29) is 23.8 Å². The first kappa shape index (κ1) is 16.3. The van der Waals surface area contributed by atoms with Crippen molar-refractivity contribution in [3.8, 4) is 0 Å². The van der Waals surface area contributed by atoms with Crippen molar-refractivity contribution in [2.24, 2.45) is 11.8 Å². The summed E-state index contributed by atoms with van der Waals surface area (Å²) in [7, 11) is 0. The monoisotopic (exact) mass is 330 g/mol. The Morgan fingerprint density at radius 3 is 2.74 bits per heavy atom. The van der Waals surface area contributed by atoms with Crippen LogP contribution in [0.4, 0.5) is 0 Å². The maximum atomic E-state index is 12.4. The summed E-state index contributed by atoms with van der Waals surface area (Å²) in [6.45, 7) is 3.58. The number of carbonyl (C=O) groups is 2. The van der Waals surface area contributed by atoms with Gasteiger partial charge in [0, 0.05) is 35.5 Å². The van der Waals surface area contributed by atoms with Gasteiger partial charge in [0.25, 0.3) is 0 Å². The molecule has 2 aliphatic carbocycles. The van der Waals surface area contributed by atoms with Crippen LogP contribution in [0.15, 0.2) is 46.4 Å². The Kier molecular flexibility index (Phi) is 4.90. The molecule has 1 saturated carbocycles.